The van der Waals surface area contributed by atoms with Crippen molar-refractivity contribution in [1.82, 2.24) is 4.90 Å². The van der Waals surface area contributed by atoms with Crippen molar-refractivity contribution in [2.75, 3.05) is 7.05 Å². The molecule has 0 fully saturated rings. The number of aryl methyl sites for hydroxylation is 1. The Balaban J connectivity index is 1.82. The van der Waals surface area contributed by atoms with Crippen LogP contribution in [0.4, 0.5) is 0 Å². The topological polar surface area (TPSA) is 20.3 Å². The molecular formula is C17H21NOS. The van der Waals surface area contributed by atoms with Crippen LogP contribution in [0.1, 0.15) is 36.2 Å². The molecule has 1 atom stereocenters. The Morgan fingerprint density at radius 2 is 1.95 bits per heavy atom. The van der Waals surface area contributed by atoms with E-state index in [4.69, 9.17) is 0 Å². The van der Waals surface area contributed by atoms with Crippen molar-refractivity contribution >= 4 is 17.2 Å². The molecule has 106 valence electrons. The standard InChI is InChI=1S/C17H21NOS/c1-14(15-8-4-3-5-9-15)18(2)17(19)12-6-10-16-11-7-13-20-16/h3-5,7-9,11,13-14H,6,10,12H2,1-2H3. The van der Waals surface area contributed by atoms with E-state index >= 15 is 0 Å². The molecule has 1 amide bonds. The fraction of sp³-hybridized carbons (Fsp3) is 0.353. The summed E-state index contributed by atoms with van der Waals surface area (Å²) in [5.74, 6) is 0.220. The minimum Gasteiger partial charge on any atom is -0.339 e. The Kier molecular flexibility index (Phi) is 5.36. The molecule has 1 aromatic heterocycles. The Morgan fingerprint density at radius 1 is 1.20 bits per heavy atom. The summed E-state index contributed by atoms with van der Waals surface area (Å²) in [6, 6.07) is 14.5. The van der Waals surface area contributed by atoms with E-state index in [1.807, 2.05) is 30.1 Å². The van der Waals surface area contributed by atoms with Crippen LogP contribution in [0.25, 0.3) is 0 Å². The van der Waals surface area contributed by atoms with Gasteiger partial charge in [-0.2, -0.15) is 0 Å². The predicted molar refractivity (Wildman–Crippen MR) is 84.9 cm³/mol. The van der Waals surface area contributed by atoms with Crippen molar-refractivity contribution in [3.05, 3.63) is 58.3 Å². The number of carbonyl (C=O) groups excluding carboxylic acids is 1. The summed E-state index contributed by atoms with van der Waals surface area (Å²) in [5.41, 5.74) is 1.18. The first-order valence-corrected chi connectivity index (χ1v) is 7.89. The van der Waals surface area contributed by atoms with Crippen LogP contribution in [0.3, 0.4) is 0 Å². The lowest BCUT2D eigenvalue weighted by atomic mass is 10.1. The first-order chi connectivity index (χ1) is 9.68. The minimum absolute atomic E-state index is 0.130. The summed E-state index contributed by atoms with van der Waals surface area (Å²) in [6.07, 6.45) is 2.54. The normalized spacial score (nSPS) is 12.1. The summed E-state index contributed by atoms with van der Waals surface area (Å²) in [7, 11) is 1.89. The molecule has 2 aromatic rings. The zero-order valence-corrected chi connectivity index (χ0v) is 12.9. The van der Waals surface area contributed by atoms with Crippen molar-refractivity contribution < 1.29 is 4.79 Å². The molecule has 1 heterocycles. The second-order valence-electron chi connectivity index (χ2n) is 5.02. The van der Waals surface area contributed by atoms with Gasteiger partial charge in [0.2, 0.25) is 5.91 Å². The van der Waals surface area contributed by atoms with Crippen LogP contribution in [-0.4, -0.2) is 17.9 Å². The molecule has 2 rings (SSSR count). The van der Waals surface area contributed by atoms with Crippen LogP contribution in [0.15, 0.2) is 47.8 Å². The summed E-state index contributed by atoms with van der Waals surface area (Å²) < 4.78 is 0. The fourth-order valence-electron chi connectivity index (χ4n) is 2.22. The van der Waals surface area contributed by atoms with E-state index in [0.29, 0.717) is 6.42 Å². The van der Waals surface area contributed by atoms with E-state index < -0.39 is 0 Å². The van der Waals surface area contributed by atoms with E-state index in [2.05, 4.69) is 36.6 Å². The zero-order valence-electron chi connectivity index (χ0n) is 12.1. The van der Waals surface area contributed by atoms with Crippen molar-refractivity contribution in [3.63, 3.8) is 0 Å². The average Bonchev–Trinajstić information content (AvgIpc) is 2.99. The smallest absolute Gasteiger partial charge is 0.222 e. The highest BCUT2D eigenvalue weighted by Gasteiger charge is 2.16. The van der Waals surface area contributed by atoms with E-state index in [-0.39, 0.29) is 11.9 Å². The number of rotatable bonds is 6. The summed E-state index contributed by atoms with van der Waals surface area (Å²) in [6.45, 7) is 2.08. The monoisotopic (exact) mass is 287 g/mol. The highest BCUT2D eigenvalue weighted by atomic mass is 32.1. The molecule has 0 saturated heterocycles. The predicted octanol–water partition coefficient (Wildman–Crippen LogP) is 4.29. The molecule has 0 N–H and O–H groups in total. The van der Waals surface area contributed by atoms with Crippen molar-refractivity contribution in [1.29, 1.82) is 0 Å². The molecule has 1 unspecified atom stereocenters. The third-order valence-electron chi connectivity index (χ3n) is 3.65. The second kappa shape index (κ2) is 7.25. The van der Waals surface area contributed by atoms with Gasteiger partial charge >= 0.3 is 0 Å². The average molecular weight is 287 g/mol. The van der Waals surface area contributed by atoms with Gasteiger partial charge in [0.05, 0.1) is 6.04 Å². The summed E-state index contributed by atoms with van der Waals surface area (Å²) >= 11 is 1.76. The Labute approximate surface area is 125 Å². The molecular weight excluding hydrogens is 266 g/mol. The Morgan fingerprint density at radius 3 is 2.60 bits per heavy atom. The maximum atomic E-state index is 12.2. The van der Waals surface area contributed by atoms with Crippen LogP contribution in [0.5, 0.6) is 0 Å². The van der Waals surface area contributed by atoms with Gasteiger partial charge in [-0.15, -0.1) is 11.3 Å². The van der Waals surface area contributed by atoms with Gasteiger partial charge in [0, 0.05) is 18.3 Å². The van der Waals surface area contributed by atoms with Gasteiger partial charge in [-0.3, -0.25) is 4.79 Å². The van der Waals surface area contributed by atoms with Crippen LogP contribution >= 0.6 is 11.3 Å². The van der Waals surface area contributed by atoms with E-state index in [9.17, 15) is 4.79 Å². The van der Waals surface area contributed by atoms with Crippen molar-refractivity contribution in [2.45, 2.75) is 32.2 Å². The molecule has 0 radical (unpaired) electrons. The SMILES string of the molecule is CC(c1ccccc1)N(C)C(=O)CCCc1cccs1. The zero-order chi connectivity index (χ0) is 14.4. The largest absolute Gasteiger partial charge is 0.339 e. The molecule has 0 bridgehead atoms. The lowest BCUT2D eigenvalue weighted by Crippen LogP contribution is -2.29. The van der Waals surface area contributed by atoms with Crippen LogP contribution in [-0.2, 0) is 11.2 Å². The van der Waals surface area contributed by atoms with Gasteiger partial charge in [0.15, 0.2) is 0 Å². The van der Waals surface area contributed by atoms with Gasteiger partial charge < -0.3 is 4.90 Å². The minimum atomic E-state index is 0.130. The number of thiophene rings is 1. The molecule has 2 nitrogen and oxygen atoms in total. The highest BCUT2D eigenvalue weighted by Crippen LogP contribution is 2.20. The molecule has 0 aliphatic carbocycles. The number of carbonyl (C=O) groups is 1. The number of nitrogens with zero attached hydrogens (tertiary/aromatic N) is 1. The van der Waals surface area contributed by atoms with Gasteiger partial charge in [-0.25, -0.2) is 0 Å². The molecule has 20 heavy (non-hydrogen) atoms. The molecule has 0 aliphatic heterocycles. The van der Waals surface area contributed by atoms with Crippen LogP contribution in [0, 0.1) is 0 Å². The third-order valence-corrected chi connectivity index (χ3v) is 4.59. The Hall–Kier alpha value is -1.61. The van der Waals surface area contributed by atoms with Crippen LogP contribution in [0.2, 0.25) is 0 Å². The Bertz CT molecular complexity index is 521. The second-order valence-corrected chi connectivity index (χ2v) is 6.06. The fourth-order valence-corrected chi connectivity index (χ4v) is 2.97. The summed E-state index contributed by atoms with van der Waals surface area (Å²) in [4.78, 5) is 15.4. The molecule has 0 saturated carbocycles. The first kappa shape index (κ1) is 14.8. The van der Waals surface area contributed by atoms with Crippen molar-refractivity contribution in [2.24, 2.45) is 0 Å². The maximum absolute atomic E-state index is 12.2. The lowest BCUT2D eigenvalue weighted by molar-refractivity contribution is -0.131. The summed E-state index contributed by atoms with van der Waals surface area (Å²) in [5, 5.41) is 2.08. The molecule has 0 aliphatic rings. The number of amides is 1. The van der Waals surface area contributed by atoms with Gasteiger partial charge in [-0.1, -0.05) is 36.4 Å². The first-order valence-electron chi connectivity index (χ1n) is 7.01. The number of hydrogen-bond donors (Lipinski definition) is 0. The van der Waals surface area contributed by atoms with E-state index in [1.165, 1.54) is 10.4 Å². The molecule has 1 aromatic carbocycles. The highest BCUT2D eigenvalue weighted by molar-refractivity contribution is 7.09. The van der Waals surface area contributed by atoms with Crippen molar-refractivity contribution in [3.8, 4) is 0 Å². The van der Waals surface area contributed by atoms with Crippen LogP contribution < -0.4 is 0 Å². The van der Waals surface area contributed by atoms with Gasteiger partial charge in [0.1, 0.15) is 0 Å². The van der Waals surface area contributed by atoms with E-state index in [0.717, 1.165) is 12.8 Å². The lowest BCUT2D eigenvalue weighted by Gasteiger charge is -2.25. The number of hydrogen-bond acceptors (Lipinski definition) is 2. The van der Waals surface area contributed by atoms with E-state index in [1.54, 1.807) is 11.3 Å². The quantitative estimate of drug-likeness (QED) is 0.776. The van der Waals surface area contributed by atoms with Gasteiger partial charge in [-0.05, 0) is 36.8 Å². The maximum Gasteiger partial charge on any atom is 0.222 e. The third kappa shape index (κ3) is 3.94. The molecule has 3 heteroatoms. The number of benzene rings is 1. The molecule has 0 spiro atoms. The van der Waals surface area contributed by atoms with Gasteiger partial charge in [0.25, 0.3) is 0 Å².